The summed E-state index contributed by atoms with van der Waals surface area (Å²) in [4.78, 5) is 46.1. The number of nitrogens with zero attached hydrogens (tertiary/aromatic N) is 1. The highest BCUT2D eigenvalue weighted by Gasteiger charge is 2.23. The van der Waals surface area contributed by atoms with Gasteiger partial charge in [0, 0.05) is 29.8 Å². The van der Waals surface area contributed by atoms with E-state index in [9.17, 15) is 24.5 Å². The summed E-state index contributed by atoms with van der Waals surface area (Å²) >= 11 is 5.87. The quantitative estimate of drug-likeness (QED) is 0.373. The summed E-state index contributed by atoms with van der Waals surface area (Å²) in [5, 5.41) is 16.4. The highest BCUT2D eigenvalue weighted by Crippen LogP contribution is 2.21. The van der Waals surface area contributed by atoms with Crippen LogP contribution in [0.15, 0.2) is 48.5 Å². The summed E-state index contributed by atoms with van der Waals surface area (Å²) in [6, 6.07) is 11.2. The van der Waals surface area contributed by atoms with Gasteiger partial charge in [0.2, 0.25) is 5.91 Å². The first-order valence-corrected chi connectivity index (χ1v) is 9.31. The smallest absolute Gasteiger partial charge is 0.309 e. The van der Waals surface area contributed by atoms with Gasteiger partial charge in [0.05, 0.1) is 17.4 Å². The van der Waals surface area contributed by atoms with Crippen LogP contribution in [0, 0.1) is 10.1 Å². The molecule has 0 spiro atoms. The zero-order valence-corrected chi connectivity index (χ0v) is 17.0. The van der Waals surface area contributed by atoms with Crippen molar-refractivity contribution in [2.24, 2.45) is 0 Å². The maximum atomic E-state index is 12.3. The Balaban J connectivity index is 1.96. The molecule has 2 unspecified atom stereocenters. The van der Waals surface area contributed by atoms with E-state index in [0.29, 0.717) is 16.3 Å². The first-order valence-electron chi connectivity index (χ1n) is 8.93. The number of amides is 2. The number of hydrogen-bond acceptors (Lipinski definition) is 6. The maximum Gasteiger partial charge on any atom is 0.309 e. The van der Waals surface area contributed by atoms with Crippen LogP contribution in [0.2, 0.25) is 5.02 Å². The Bertz CT molecular complexity index is 931. The fourth-order valence-corrected chi connectivity index (χ4v) is 2.69. The minimum absolute atomic E-state index is 0.112. The molecule has 2 aromatic rings. The highest BCUT2D eigenvalue weighted by atomic mass is 35.5. The lowest BCUT2D eigenvalue weighted by Crippen LogP contribution is -2.33. The van der Waals surface area contributed by atoms with E-state index in [1.165, 1.54) is 38.1 Å². The molecule has 0 aliphatic rings. The van der Waals surface area contributed by atoms with Gasteiger partial charge < -0.3 is 15.4 Å². The summed E-state index contributed by atoms with van der Waals surface area (Å²) in [7, 11) is 0. The molecule has 0 saturated heterocycles. The molecule has 2 atom stereocenters. The number of nitro benzene ring substituents is 1. The summed E-state index contributed by atoms with van der Waals surface area (Å²) in [5.41, 5.74) is 0.874. The van der Waals surface area contributed by atoms with Crippen molar-refractivity contribution < 1.29 is 24.0 Å². The lowest BCUT2D eigenvalue weighted by Gasteiger charge is -2.19. The molecule has 0 bridgehead atoms. The molecule has 2 N–H and O–H groups in total. The molecule has 0 radical (unpaired) electrons. The van der Waals surface area contributed by atoms with E-state index in [0.717, 1.165) is 0 Å². The van der Waals surface area contributed by atoms with Crippen molar-refractivity contribution in [2.75, 3.05) is 5.32 Å². The number of carbonyl (C=O) groups is 3. The molecule has 0 heterocycles. The van der Waals surface area contributed by atoms with Crippen molar-refractivity contribution in [1.82, 2.24) is 5.32 Å². The first-order chi connectivity index (χ1) is 14.2. The average Bonchev–Trinajstić information content (AvgIpc) is 2.68. The molecule has 158 valence electrons. The predicted octanol–water partition coefficient (Wildman–Crippen LogP) is 3.39. The van der Waals surface area contributed by atoms with Gasteiger partial charge in [-0.25, -0.2) is 0 Å². The molecule has 30 heavy (non-hydrogen) atoms. The third-order valence-electron chi connectivity index (χ3n) is 4.04. The largest absolute Gasteiger partial charge is 0.452 e. The third-order valence-corrected chi connectivity index (χ3v) is 4.30. The van der Waals surface area contributed by atoms with Gasteiger partial charge in [-0.15, -0.1) is 0 Å². The number of benzene rings is 2. The van der Waals surface area contributed by atoms with Gasteiger partial charge in [0.1, 0.15) is 0 Å². The molecule has 0 aromatic heterocycles. The van der Waals surface area contributed by atoms with Crippen molar-refractivity contribution >= 4 is 40.8 Å². The van der Waals surface area contributed by atoms with E-state index in [1.54, 1.807) is 24.3 Å². The molecule has 2 rings (SSSR count). The molecule has 2 aromatic carbocycles. The van der Waals surface area contributed by atoms with Gasteiger partial charge in [0.25, 0.3) is 11.6 Å². The van der Waals surface area contributed by atoms with Crippen molar-refractivity contribution in [2.45, 2.75) is 32.4 Å². The van der Waals surface area contributed by atoms with Crippen molar-refractivity contribution in [3.05, 3.63) is 69.2 Å². The third kappa shape index (κ3) is 6.85. The van der Waals surface area contributed by atoms with Crippen LogP contribution in [-0.4, -0.2) is 28.8 Å². The van der Waals surface area contributed by atoms with Crippen LogP contribution >= 0.6 is 11.6 Å². The number of ether oxygens (including phenoxy) is 1. The van der Waals surface area contributed by atoms with Crippen LogP contribution in [0.25, 0.3) is 0 Å². The zero-order valence-electron chi connectivity index (χ0n) is 16.3. The van der Waals surface area contributed by atoms with Crippen LogP contribution < -0.4 is 10.6 Å². The molecule has 0 saturated carbocycles. The van der Waals surface area contributed by atoms with Crippen LogP contribution in [0.5, 0.6) is 0 Å². The van der Waals surface area contributed by atoms with Gasteiger partial charge in [-0.05, 0) is 36.8 Å². The molecule has 10 heteroatoms. The molecule has 0 aliphatic heterocycles. The van der Waals surface area contributed by atoms with E-state index >= 15 is 0 Å². The lowest BCUT2D eigenvalue weighted by molar-refractivity contribution is -0.384. The Morgan fingerprint density at radius 3 is 2.23 bits per heavy atom. The molecule has 9 nitrogen and oxygen atoms in total. The van der Waals surface area contributed by atoms with Crippen molar-refractivity contribution in [3.8, 4) is 0 Å². The van der Waals surface area contributed by atoms with Gasteiger partial charge in [-0.1, -0.05) is 23.7 Å². The summed E-state index contributed by atoms with van der Waals surface area (Å²) < 4.78 is 5.17. The number of anilines is 1. The van der Waals surface area contributed by atoms with Crippen LogP contribution in [0.1, 0.15) is 31.9 Å². The zero-order chi connectivity index (χ0) is 22.3. The monoisotopic (exact) mass is 433 g/mol. The summed E-state index contributed by atoms with van der Waals surface area (Å²) in [6.45, 7) is 2.73. The Morgan fingerprint density at radius 1 is 1.10 bits per heavy atom. The Kier molecular flexibility index (Phi) is 7.88. The molecular weight excluding hydrogens is 414 g/mol. The second kappa shape index (κ2) is 10.4. The molecule has 0 fully saturated rings. The van der Waals surface area contributed by atoms with E-state index in [2.05, 4.69) is 10.6 Å². The van der Waals surface area contributed by atoms with Gasteiger partial charge in [-0.2, -0.15) is 0 Å². The van der Waals surface area contributed by atoms with E-state index in [4.69, 9.17) is 16.3 Å². The first kappa shape index (κ1) is 22.8. The standard InChI is InChI=1S/C20H20ClN3O6/c1-12(20(27)23-16-7-9-17(10-8-16)24(28)29)30-19(26)11-18(22-13(2)25)14-3-5-15(21)6-4-14/h3-10,12,18H,11H2,1-2H3,(H,22,25)(H,23,27). The number of non-ortho nitro benzene ring substituents is 1. The second-order valence-electron chi connectivity index (χ2n) is 6.43. The van der Waals surface area contributed by atoms with Crippen LogP contribution in [0.3, 0.4) is 0 Å². The molecule has 0 aliphatic carbocycles. The fourth-order valence-electron chi connectivity index (χ4n) is 2.57. The van der Waals surface area contributed by atoms with Gasteiger partial charge >= 0.3 is 5.97 Å². The van der Waals surface area contributed by atoms with Gasteiger partial charge in [0.15, 0.2) is 6.10 Å². The normalized spacial score (nSPS) is 12.4. The highest BCUT2D eigenvalue weighted by molar-refractivity contribution is 6.30. The number of rotatable bonds is 8. The number of nitro groups is 1. The SMILES string of the molecule is CC(=O)NC(CC(=O)OC(C)C(=O)Nc1ccc([N+](=O)[O-])cc1)c1ccc(Cl)cc1. The van der Waals surface area contributed by atoms with E-state index < -0.39 is 28.9 Å². The Morgan fingerprint density at radius 2 is 1.70 bits per heavy atom. The molecule has 2 amide bonds. The minimum atomic E-state index is -1.11. The van der Waals surface area contributed by atoms with E-state index in [-0.39, 0.29) is 18.0 Å². The van der Waals surface area contributed by atoms with Crippen LogP contribution in [0.4, 0.5) is 11.4 Å². The lowest BCUT2D eigenvalue weighted by atomic mass is 10.0. The van der Waals surface area contributed by atoms with Crippen LogP contribution in [-0.2, 0) is 19.1 Å². The van der Waals surface area contributed by atoms with E-state index in [1.807, 2.05) is 0 Å². The summed E-state index contributed by atoms with van der Waals surface area (Å²) in [6.07, 6.45) is -1.30. The maximum absolute atomic E-state index is 12.3. The number of halogens is 1. The topological polar surface area (TPSA) is 128 Å². The predicted molar refractivity (Wildman–Crippen MR) is 110 cm³/mol. The number of carbonyl (C=O) groups excluding carboxylic acids is 3. The minimum Gasteiger partial charge on any atom is -0.452 e. The second-order valence-corrected chi connectivity index (χ2v) is 6.87. The fraction of sp³-hybridized carbons (Fsp3) is 0.250. The number of hydrogen-bond donors (Lipinski definition) is 2. The average molecular weight is 434 g/mol. The summed E-state index contributed by atoms with van der Waals surface area (Å²) in [5.74, 6) is -1.61. The van der Waals surface area contributed by atoms with Crippen molar-refractivity contribution in [1.29, 1.82) is 0 Å². The Hall–Kier alpha value is -3.46. The Labute approximate surface area is 177 Å². The number of esters is 1. The molecular formula is C20H20ClN3O6. The van der Waals surface area contributed by atoms with Crippen molar-refractivity contribution in [3.63, 3.8) is 0 Å². The number of nitrogens with one attached hydrogen (secondary N) is 2. The van der Waals surface area contributed by atoms with Gasteiger partial charge in [-0.3, -0.25) is 24.5 Å².